The topological polar surface area (TPSA) is 28.5 Å². The first kappa shape index (κ1) is 53.3. The van der Waals surface area contributed by atoms with E-state index < -0.39 is 0 Å². The molecule has 0 aromatic carbocycles. The van der Waals surface area contributed by atoms with Gasteiger partial charge in [0.1, 0.15) is 0 Å². The second kappa shape index (κ2) is 25.9. The number of hydrogen-bond donors (Lipinski definition) is 0. The summed E-state index contributed by atoms with van der Waals surface area (Å²) in [5, 5.41) is 0. The minimum absolute atomic E-state index is 0. The molecule has 0 aromatic rings. The fraction of sp³-hybridized carbons (Fsp3) is 0. The Balaban J connectivity index is 0. The van der Waals surface area contributed by atoms with E-state index in [1.165, 1.54) is 0 Å². The average Bonchev–Trinajstić information content (AvgIpc) is 0. The van der Waals surface area contributed by atoms with Crippen molar-refractivity contribution in [2.45, 2.75) is 0 Å². The summed E-state index contributed by atoms with van der Waals surface area (Å²) in [4.78, 5) is 0. The van der Waals surface area contributed by atoms with Gasteiger partial charge in [0.05, 0.1) is 0 Å². The van der Waals surface area contributed by atoms with Crippen molar-refractivity contribution in [1.29, 1.82) is 0 Å². The van der Waals surface area contributed by atoms with Gasteiger partial charge in [0.15, 0.2) is 0 Å². The van der Waals surface area contributed by atoms with Crippen LogP contribution < -0.4 is 0 Å². The molecule has 1 radical (unpaired) electrons. The molecule has 4 heteroatoms. The Hall–Kier alpha value is 1.40. The first-order valence-corrected chi connectivity index (χ1v) is 0. The largest absolute Gasteiger partial charge is 4.00 e. The molecule has 0 aliphatic carbocycles. The van der Waals surface area contributed by atoms with Gasteiger partial charge in [-0.05, 0) is 0 Å². The van der Waals surface area contributed by atoms with Crippen LogP contribution in [0.1, 0.15) is 0 Å². The summed E-state index contributed by atoms with van der Waals surface area (Å²) in [5.74, 6) is 0. The predicted octanol–water partition coefficient (Wildman–Crippen LogP) is -0.505. The van der Waals surface area contributed by atoms with Gasteiger partial charge in [0.25, 0.3) is 0 Å². The van der Waals surface area contributed by atoms with Gasteiger partial charge in [-0.25, -0.2) is 0 Å². The van der Waals surface area contributed by atoms with Crippen LogP contribution in [0.25, 0.3) is 0 Å². The molecule has 0 aliphatic rings. The van der Waals surface area contributed by atoms with Gasteiger partial charge < -0.3 is 5.48 Å². The molecule has 0 aromatic heterocycles. The molecule has 0 saturated heterocycles. The molecule has 0 atom stereocenters. The smallest absolute Gasteiger partial charge is 2.00 e. The monoisotopic (exact) mass is 266 g/mol. The Bertz CT molecular complexity index is 8.00. The van der Waals surface area contributed by atoms with E-state index >= 15 is 0 Å². The van der Waals surface area contributed by atoms with Crippen LogP contribution in [0, 0.1) is 0 Å². The quantitative estimate of drug-likeness (QED) is 0.528. The summed E-state index contributed by atoms with van der Waals surface area (Å²) >= 11 is 0. The predicted molar refractivity (Wildman–Crippen MR) is 6.44 cm³/mol. The molecule has 0 N–H and O–H groups in total. The van der Waals surface area contributed by atoms with Gasteiger partial charge in [-0.1, -0.05) is 0 Å². The van der Waals surface area contributed by atoms with Crippen LogP contribution in [0.3, 0.4) is 0 Å². The van der Waals surface area contributed by atoms with Crippen molar-refractivity contribution in [3.8, 4) is 0 Å². The SMILES string of the molecule is [B+3].[Co+2].[Hf+4].[O-2]. The average molecular weight is 264 g/mol. The molecule has 0 amide bonds. The molecule has 0 aliphatic heterocycles. The van der Waals surface area contributed by atoms with E-state index in [-0.39, 0.29) is 56.5 Å². The van der Waals surface area contributed by atoms with Crippen molar-refractivity contribution in [3.05, 3.63) is 0 Å². The van der Waals surface area contributed by atoms with Gasteiger partial charge in [0, 0.05) is 0 Å². The van der Waals surface area contributed by atoms with Crippen molar-refractivity contribution >= 4 is 8.41 Å². The molecule has 0 spiro atoms. The molecular weight excluding hydrogens is 264 g/mol. The van der Waals surface area contributed by atoms with Crippen LogP contribution in [-0.2, 0) is 48.1 Å². The third kappa shape index (κ3) is 9.99. The van der Waals surface area contributed by atoms with Crippen LogP contribution in [0.2, 0.25) is 0 Å². The van der Waals surface area contributed by atoms with E-state index in [2.05, 4.69) is 0 Å². The third-order valence-corrected chi connectivity index (χ3v) is 0. The maximum absolute atomic E-state index is 0. The minimum Gasteiger partial charge on any atom is -2.00 e. The Morgan fingerprint density at radius 2 is 1.00 bits per heavy atom. The zero-order valence-electron chi connectivity index (χ0n) is 1.82. The molecule has 1 nitrogen and oxygen atoms in total. The second-order valence-corrected chi connectivity index (χ2v) is 0. The standard InChI is InChI=1S/B.Co.Hf.O/q+3;+2;+4;-2. The number of rotatable bonds is 0. The first-order valence-electron chi connectivity index (χ1n) is 0. The summed E-state index contributed by atoms with van der Waals surface area (Å²) in [6.45, 7) is 0. The Labute approximate surface area is 56.4 Å². The van der Waals surface area contributed by atoms with Gasteiger partial charge in [-0.15, -0.1) is 0 Å². The van der Waals surface area contributed by atoms with Crippen LogP contribution in [0.4, 0.5) is 0 Å². The van der Waals surface area contributed by atoms with Gasteiger partial charge in [-0.3, -0.25) is 0 Å². The van der Waals surface area contributed by atoms with Crippen LogP contribution >= 0.6 is 0 Å². The van der Waals surface area contributed by atoms with Crippen molar-refractivity contribution in [2.24, 2.45) is 0 Å². The van der Waals surface area contributed by atoms with Crippen LogP contribution in [0.5, 0.6) is 0 Å². The zero-order valence-corrected chi connectivity index (χ0v) is 6.45. The van der Waals surface area contributed by atoms with E-state index in [1.807, 2.05) is 0 Å². The van der Waals surface area contributed by atoms with Crippen LogP contribution in [-0.4, -0.2) is 8.41 Å². The summed E-state index contributed by atoms with van der Waals surface area (Å²) in [7, 11) is 0. The molecule has 4 heavy (non-hydrogen) atoms. The van der Waals surface area contributed by atoms with E-state index in [1.54, 1.807) is 0 Å². The Morgan fingerprint density at radius 3 is 1.00 bits per heavy atom. The van der Waals surface area contributed by atoms with E-state index in [4.69, 9.17) is 0 Å². The number of hydrogen-bond acceptors (Lipinski definition) is 0. The Kier molecular flexibility index (Phi) is 345. The summed E-state index contributed by atoms with van der Waals surface area (Å²) in [6, 6.07) is 0. The summed E-state index contributed by atoms with van der Waals surface area (Å²) in [5.41, 5.74) is 0. The maximum Gasteiger partial charge on any atom is 4.00 e. The molecule has 0 fully saturated rings. The summed E-state index contributed by atoms with van der Waals surface area (Å²) in [6.07, 6.45) is 0. The molecule has 0 bridgehead atoms. The Morgan fingerprint density at radius 1 is 1.00 bits per heavy atom. The molecular formula is BCoHfO+7. The fourth-order valence-electron chi connectivity index (χ4n) is 0. The van der Waals surface area contributed by atoms with E-state index in [9.17, 15) is 0 Å². The van der Waals surface area contributed by atoms with E-state index in [0.29, 0.717) is 0 Å². The molecule has 0 saturated carbocycles. The van der Waals surface area contributed by atoms with Crippen molar-refractivity contribution < 1.29 is 48.1 Å². The van der Waals surface area contributed by atoms with Gasteiger partial charge >= 0.3 is 51.0 Å². The second-order valence-electron chi connectivity index (χ2n) is 0. The molecule has 0 heterocycles. The maximum atomic E-state index is 0. The molecule has 15 valence electrons. The first-order chi connectivity index (χ1) is 0. The van der Waals surface area contributed by atoms with Crippen molar-refractivity contribution in [1.82, 2.24) is 0 Å². The normalized spacial score (nSPS) is 0. The van der Waals surface area contributed by atoms with Gasteiger partial charge in [0.2, 0.25) is 0 Å². The van der Waals surface area contributed by atoms with Crippen molar-refractivity contribution in [2.75, 3.05) is 0 Å². The van der Waals surface area contributed by atoms with Gasteiger partial charge in [-0.2, -0.15) is 0 Å². The van der Waals surface area contributed by atoms with Crippen LogP contribution in [0.15, 0.2) is 0 Å². The summed E-state index contributed by atoms with van der Waals surface area (Å²) < 4.78 is 0. The fourth-order valence-corrected chi connectivity index (χ4v) is 0. The molecule has 0 rings (SSSR count). The minimum atomic E-state index is 0. The van der Waals surface area contributed by atoms with Crippen molar-refractivity contribution in [3.63, 3.8) is 0 Å². The molecule has 0 unspecified atom stereocenters. The van der Waals surface area contributed by atoms with E-state index in [0.717, 1.165) is 0 Å². The third-order valence-electron chi connectivity index (χ3n) is 0. The zero-order chi connectivity index (χ0) is 0.